The summed E-state index contributed by atoms with van der Waals surface area (Å²) in [5.41, 5.74) is 1.08. The molecule has 1 heterocycles. The highest BCUT2D eigenvalue weighted by Gasteiger charge is 2.23. The first-order valence-corrected chi connectivity index (χ1v) is 6.49. The molecule has 2 nitrogen and oxygen atoms in total. The molecular formula is C14H21FN2. The molecular weight excluding hydrogens is 215 g/mol. The van der Waals surface area contributed by atoms with Gasteiger partial charge in [-0.1, -0.05) is 19.1 Å². The topological polar surface area (TPSA) is 15.3 Å². The lowest BCUT2D eigenvalue weighted by Crippen LogP contribution is -2.37. The van der Waals surface area contributed by atoms with Crippen molar-refractivity contribution in [2.75, 3.05) is 19.6 Å². The Morgan fingerprint density at radius 2 is 2.35 bits per heavy atom. The van der Waals surface area contributed by atoms with E-state index < -0.39 is 0 Å². The van der Waals surface area contributed by atoms with Crippen molar-refractivity contribution >= 4 is 0 Å². The van der Waals surface area contributed by atoms with Gasteiger partial charge in [-0.05, 0) is 43.6 Å². The molecule has 0 spiro atoms. The third-order valence-corrected chi connectivity index (χ3v) is 3.40. The van der Waals surface area contributed by atoms with Gasteiger partial charge in [0, 0.05) is 19.1 Å². The van der Waals surface area contributed by atoms with Crippen LogP contribution in [-0.4, -0.2) is 30.6 Å². The van der Waals surface area contributed by atoms with Crippen LogP contribution in [0, 0.1) is 5.82 Å². The fourth-order valence-electron chi connectivity index (χ4n) is 2.52. The number of likely N-dealkylation sites (tertiary alicyclic amines) is 1. The minimum Gasteiger partial charge on any atom is -0.315 e. The molecule has 1 aromatic carbocycles. The van der Waals surface area contributed by atoms with Crippen LogP contribution >= 0.6 is 0 Å². The fourth-order valence-corrected chi connectivity index (χ4v) is 2.52. The first-order valence-electron chi connectivity index (χ1n) is 6.49. The molecule has 2 rings (SSSR count). The van der Waals surface area contributed by atoms with Gasteiger partial charge in [0.1, 0.15) is 5.82 Å². The third kappa shape index (κ3) is 3.51. The minimum atomic E-state index is -0.134. The van der Waals surface area contributed by atoms with E-state index in [9.17, 15) is 4.39 Å². The molecule has 0 bridgehead atoms. The molecule has 3 heteroatoms. The monoisotopic (exact) mass is 236 g/mol. The van der Waals surface area contributed by atoms with E-state index in [2.05, 4.69) is 17.1 Å². The Morgan fingerprint density at radius 3 is 3.12 bits per heavy atom. The Hall–Kier alpha value is -0.930. The van der Waals surface area contributed by atoms with Crippen molar-refractivity contribution in [1.29, 1.82) is 0 Å². The summed E-state index contributed by atoms with van der Waals surface area (Å²) in [6.45, 7) is 6.20. The minimum absolute atomic E-state index is 0.134. The first-order chi connectivity index (χ1) is 8.29. The maximum atomic E-state index is 13.1. The van der Waals surface area contributed by atoms with E-state index in [4.69, 9.17) is 0 Å². The van der Waals surface area contributed by atoms with E-state index in [0.717, 1.165) is 31.7 Å². The zero-order valence-electron chi connectivity index (χ0n) is 10.5. The number of hydrogen-bond acceptors (Lipinski definition) is 2. The van der Waals surface area contributed by atoms with Crippen molar-refractivity contribution in [1.82, 2.24) is 10.2 Å². The summed E-state index contributed by atoms with van der Waals surface area (Å²) >= 11 is 0. The van der Waals surface area contributed by atoms with Crippen LogP contribution in [0.1, 0.15) is 25.3 Å². The van der Waals surface area contributed by atoms with E-state index in [0.29, 0.717) is 6.04 Å². The number of likely N-dealkylation sites (N-methyl/N-ethyl adjacent to an activating group) is 1. The van der Waals surface area contributed by atoms with Gasteiger partial charge in [0.25, 0.3) is 0 Å². The quantitative estimate of drug-likeness (QED) is 0.844. The largest absolute Gasteiger partial charge is 0.315 e. The Kier molecular flexibility index (Phi) is 4.51. The number of hydrogen-bond donors (Lipinski definition) is 1. The molecule has 1 aliphatic rings. The van der Waals surface area contributed by atoms with Gasteiger partial charge in [-0.3, -0.25) is 4.90 Å². The average Bonchev–Trinajstić information content (AvgIpc) is 2.74. The Morgan fingerprint density at radius 1 is 1.47 bits per heavy atom. The third-order valence-electron chi connectivity index (χ3n) is 3.40. The summed E-state index contributed by atoms with van der Waals surface area (Å²) in [7, 11) is 0. The van der Waals surface area contributed by atoms with Crippen molar-refractivity contribution in [2.45, 2.75) is 32.4 Å². The summed E-state index contributed by atoms with van der Waals surface area (Å²) in [5.74, 6) is -0.134. The highest BCUT2D eigenvalue weighted by Crippen LogP contribution is 2.19. The summed E-state index contributed by atoms with van der Waals surface area (Å²) in [6.07, 6.45) is 2.51. The van der Waals surface area contributed by atoms with Crippen LogP contribution < -0.4 is 5.32 Å². The summed E-state index contributed by atoms with van der Waals surface area (Å²) in [5, 5.41) is 3.40. The van der Waals surface area contributed by atoms with Crippen molar-refractivity contribution in [3.8, 4) is 0 Å². The number of rotatable bonds is 5. The van der Waals surface area contributed by atoms with Gasteiger partial charge in [-0.15, -0.1) is 0 Å². The molecule has 1 aliphatic heterocycles. The lowest BCUT2D eigenvalue weighted by Gasteiger charge is -2.24. The van der Waals surface area contributed by atoms with Crippen LogP contribution in [0.4, 0.5) is 4.39 Å². The molecule has 0 aromatic heterocycles. The van der Waals surface area contributed by atoms with Crippen molar-refractivity contribution < 1.29 is 4.39 Å². The van der Waals surface area contributed by atoms with Gasteiger partial charge in [0.15, 0.2) is 0 Å². The van der Waals surface area contributed by atoms with Gasteiger partial charge < -0.3 is 5.32 Å². The number of benzene rings is 1. The molecule has 0 saturated carbocycles. The van der Waals surface area contributed by atoms with Crippen LogP contribution in [0.25, 0.3) is 0 Å². The normalized spacial score (nSPS) is 20.9. The summed E-state index contributed by atoms with van der Waals surface area (Å²) in [4.78, 5) is 2.46. The van der Waals surface area contributed by atoms with E-state index >= 15 is 0 Å². The Balaban J connectivity index is 1.93. The van der Waals surface area contributed by atoms with Gasteiger partial charge >= 0.3 is 0 Å². The van der Waals surface area contributed by atoms with E-state index in [1.165, 1.54) is 18.9 Å². The van der Waals surface area contributed by atoms with E-state index in [1.54, 1.807) is 12.1 Å². The van der Waals surface area contributed by atoms with Crippen molar-refractivity contribution in [3.05, 3.63) is 35.6 Å². The standard InChI is InChI=1S/C14H21FN2/c1-2-16-10-14-7-4-8-17(14)11-12-5-3-6-13(15)9-12/h3,5-6,9,14,16H,2,4,7-8,10-11H2,1H3. The van der Waals surface area contributed by atoms with Gasteiger partial charge in [0.2, 0.25) is 0 Å². The zero-order valence-corrected chi connectivity index (χ0v) is 10.5. The second-order valence-corrected chi connectivity index (χ2v) is 4.70. The predicted octanol–water partition coefficient (Wildman–Crippen LogP) is 2.40. The molecule has 94 valence electrons. The van der Waals surface area contributed by atoms with Gasteiger partial charge in [-0.25, -0.2) is 4.39 Å². The van der Waals surface area contributed by atoms with Crippen molar-refractivity contribution in [3.63, 3.8) is 0 Å². The molecule has 1 N–H and O–H groups in total. The van der Waals surface area contributed by atoms with Crippen LogP contribution in [0.5, 0.6) is 0 Å². The van der Waals surface area contributed by atoms with Crippen molar-refractivity contribution in [2.24, 2.45) is 0 Å². The number of halogens is 1. The number of nitrogens with one attached hydrogen (secondary N) is 1. The van der Waals surface area contributed by atoms with Crippen LogP contribution in [0.3, 0.4) is 0 Å². The smallest absolute Gasteiger partial charge is 0.123 e. The highest BCUT2D eigenvalue weighted by atomic mass is 19.1. The fraction of sp³-hybridized carbons (Fsp3) is 0.571. The van der Waals surface area contributed by atoms with Crippen LogP contribution in [-0.2, 0) is 6.54 Å². The molecule has 0 amide bonds. The van der Waals surface area contributed by atoms with Gasteiger partial charge in [0.05, 0.1) is 0 Å². The molecule has 17 heavy (non-hydrogen) atoms. The molecule has 0 aliphatic carbocycles. The highest BCUT2D eigenvalue weighted by molar-refractivity contribution is 5.16. The maximum Gasteiger partial charge on any atom is 0.123 e. The Labute approximate surface area is 103 Å². The second-order valence-electron chi connectivity index (χ2n) is 4.70. The molecule has 1 atom stereocenters. The van der Waals surface area contributed by atoms with E-state index in [-0.39, 0.29) is 5.82 Å². The SMILES string of the molecule is CCNCC1CCCN1Cc1cccc(F)c1. The van der Waals surface area contributed by atoms with Gasteiger partial charge in [-0.2, -0.15) is 0 Å². The molecule has 1 saturated heterocycles. The summed E-state index contributed by atoms with van der Waals surface area (Å²) in [6, 6.07) is 7.55. The lowest BCUT2D eigenvalue weighted by atomic mass is 10.2. The molecule has 0 radical (unpaired) electrons. The second kappa shape index (κ2) is 6.12. The average molecular weight is 236 g/mol. The molecule has 1 unspecified atom stereocenters. The predicted molar refractivity (Wildman–Crippen MR) is 68.4 cm³/mol. The van der Waals surface area contributed by atoms with E-state index in [1.807, 2.05) is 6.07 Å². The molecule has 1 aromatic rings. The molecule has 1 fully saturated rings. The maximum absolute atomic E-state index is 13.1. The first kappa shape index (κ1) is 12.5. The Bertz CT molecular complexity index is 354. The number of nitrogens with zero attached hydrogens (tertiary/aromatic N) is 1. The van der Waals surface area contributed by atoms with Crippen LogP contribution in [0.2, 0.25) is 0 Å². The summed E-state index contributed by atoms with van der Waals surface area (Å²) < 4.78 is 13.1. The zero-order chi connectivity index (χ0) is 12.1. The lowest BCUT2D eigenvalue weighted by molar-refractivity contribution is 0.240. The van der Waals surface area contributed by atoms with Crippen LogP contribution in [0.15, 0.2) is 24.3 Å².